The molecule has 52 heavy (non-hydrogen) atoms. The van der Waals surface area contributed by atoms with E-state index in [2.05, 4.69) is 199 Å². The zero-order valence-corrected chi connectivity index (χ0v) is 29.1. The van der Waals surface area contributed by atoms with Crippen molar-refractivity contribution in [3.8, 4) is 32.8 Å². The van der Waals surface area contributed by atoms with Crippen LogP contribution in [-0.4, -0.2) is 4.98 Å². The van der Waals surface area contributed by atoms with Gasteiger partial charge in [0.2, 0.25) is 0 Å². The Bertz CT molecular complexity index is 2890. The highest BCUT2D eigenvalue weighted by molar-refractivity contribution is 7.22. The van der Waals surface area contributed by atoms with Crippen LogP contribution in [0, 0.1) is 0 Å². The first kappa shape index (κ1) is 30.3. The van der Waals surface area contributed by atoms with Crippen molar-refractivity contribution in [3.63, 3.8) is 0 Å². The largest absolute Gasteiger partial charge is 0.310 e. The third-order valence-electron chi connectivity index (χ3n) is 10.0. The molecule has 244 valence electrons. The highest BCUT2D eigenvalue weighted by Crippen LogP contribution is 2.43. The fourth-order valence-corrected chi connectivity index (χ4v) is 8.61. The van der Waals surface area contributed by atoms with Crippen LogP contribution < -0.4 is 4.90 Å². The minimum absolute atomic E-state index is 1.05. The average Bonchev–Trinajstić information content (AvgIpc) is 3.68. The minimum atomic E-state index is 1.05. The highest BCUT2D eigenvalue weighted by atomic mass is 32.1. The normalized spacial score (nSPS) is 11.5. The minimum Gasteiger partial charge on any atom is -0.310 e. The standard InChI is InChI=1S/C49H32N2S/c1-3-13-35(14-4-1)49-50-47-46-32-39(26-29-44(46)43-20-9-10-21-45(43)48(47)52-49)37-16-11-19-42(31-37)51(40-17-5-2-6-18-40)41-27-24-34(25-28-41)38-23-22-33-12-7-8-15-36(33)30-38/h1-32H. The summed E-state index contributed by atoms with van der Waals surface area (Å²) in [6.45, 7) is 0. The van der Waals surface area contributed by atoms with E-state index in [1.807, 2.05) is 0 Å². The van der Waals surface area contributed by atoms with Crippen molar-refractivity contribution in [2.45, 2.75) is 0 Å². The lowest BCUT2D eigenvalue weighted by atomic mass is 9.96. The number of para-hydroxylation sites is 1. The van der Waals surface area contributed by atoms with Gasteiger partial charge in [-0.25, -0.2) is 4.98 Å². The molecule has 0 aliphatic heterocycles. The molecule has 9 aromatic carbocycles. The van der Waals surface area contributed by atoms with E-state index < -0.39 is 0 Å². The summed E-state index contributed by atoms with van der Waals surface area (Å²) in [5.41, 5.74) is 10.3. The summed E-state index contributed by atoms with van der Waals surface area (Å²) in [7, 11) is 0. The Hall–Kier alpha value is -6.55. The van der Waals surface area contributed by atoms with Gasteiger partial charge in [-0.2, -0.15) is 0 Å². The van der Waals surface area contributed by atoms with Gasteiger partial charge in [-0.05, 0) is 92.3 Å². The Morgan fingerprint density at radius 2 is 0.923 bits per heavy atom. The molecule has 0 saturated heterocycles. The first-order valence-electron chi connectivity index (χ1n) is 17.6. The predicted molar refractivity (Wildman–Crippen MR) is 223 cm³/mol. The van der Waals surface area contributed by atoms with Crippen LogP contribution >= 0.6 is 11.3 Å². The number of aromatic nitrogens is 1. The van der Waals surface area contributed by atoms with Gasteiger partial charge >= 0.3 is 0 Å². The Morgan fingerprint density at radius 1 is 0.346 bits per heavy atom. The van der Waals surface area contributed by atoms with Gasteiger partial charge in [0, 0.05) is 33.4 Å². The number of thiazole rings is 1. The number of fused-ring (bicyclic) bond motifs is 7. The van der Waals surface area contributed by atoms with Crippen molar-refractivity contribution in [2.75, 3.05) is 4.90 Å². The van der Waals surface area contributed by atoms with E-state index in [9.17, 15) is 0 Å². The molecule has 0 amide bonds. The zero-order valence-electron chi connectivity index (χ0n) is 28.3. The second-order valence-corrected chi connectivity index (χ2v) is 14.2. The number of nitrogens with zero attached hydrogens (tertiary/aromatic N) is 2. The van der Waals surface area contributed by atoms with Gasteiger partial charge in [-0.1, -0.05) is 146 Å². The summed E-state index contributed by atoms with van der Waals surface area (Å²) in [6, 6.07) is 69.8. The maximum absolute atomic E-state index is 5.28. The van der Waals surface area contributed by atoms with Crippen LogP contribution in [0.5, 0.6) is 0 Å². The molecule has 3 heteroatoms. The van der Waals surface area contributed by atoms with Crippen LogP contribution in [0.3, 0.4) is 0 Å². The average molecular weight is 681 g/mol. The number of anilines is 3. The molecule has 0 aliphatic carbocycles. The molecular weight excluding hydrogens is 649 g/mol. The van der Waals surface area contributed by atoms with Crippen LogP contribution in [0.4, 0.5) is 17.1 Å². The summed E-state index contributed by atoms with van der Waals surface area (Å²) in [5.74, 6) is 0. The van der Waals surface area contributed by atoms with Gasteiger partial charge in [0.05, 0.1) is 10.2 Å². The van der Waals surface area contributed by atoms with Crippen molar-refractivity contribution in [1.29, 1.82) is 0 Å². The van der Waals surface area contributed by atoms with E-state index in [-0.39, 0.29) is 0 Å². The van der Waals surface area contributed by atoms with E-state index in [0.29, 0.717) is 0 Å². The van der Waals surface area contributed by atoms with Crippen molar-refractivity contribution in [1.82, 2.24) is 4.98 Å². The van der Waals surface area contributed by atoms with Gasteiger partial charge in [-0.15, -0.1) is 11.3 Å². The molecule has 0 radical (unpaired) electrons. The Labute approximate surface area is 306 Å². The molecular formula is C49H32N2S. The fraction of sp³-hybridized carbons (Fsp3) is 0. The van der Waals surface area contributed by atoms with E-state index in [1.165, 1.54) is 53.7 Å². The molecule has 10 aromatic rings. The second kappa shape index (κ2) is 12.6. The Morgan fingerprint density at radius 3 is 1.75 bits per heavy atom. The van der Waals surface area contributed by atoms with Crippen molar-refractivity contribution in [2.24, 2.45) is 0 Å². The molecule has 0 fully saturated rings. The first-order valence-corrected chi connectivity index (χ1v) is 18.4. The van der Waals surface area contributed by atoms with Crippen molar-refractivity contribution < 1.29 is 0 Å². The van der Waals surface area contributed by atoms with E-state index >= 15 is 0 Å². The predicted octanol–water partition coefficient (Wildman–Crippen LogP) is 14.2. The van der Waals surface area contributed by atoms with Gasteiger partial charge in [0.25, 0.3) is 0 Å². The number of benzene rings is 9. The van der Waals surface area contributed by atoms with Gasteiger partial charge < -0.3 is 4.90 Å². The maximum Gasteiger partial charge on any atom is 0.124 e. The van der Waals surface area contributed by atoms with Crippen LogP contribution in [0.15, 0.2) is 194 Å². The van der Waals surface area contributed by atoms with Crippen LogP contribution in [0.25, 0.3) is 75.4 Å². The molecule has 0 atom stereocenters. The number of hydrogen-bond donors (Lipinski definition) is 0. The lowest BCUT2D eigenvalue weighted by Gasteiger charge is -2.26. The van der Waals surface area contributed by atoms with E-state index in [4.69, 9.17) is 4.98 Å². The lowest BCUT2D eigenvalue weighted by Crippen LogP contribution is -2.09. The first-order chi connectivity index (χ1) is 25.8. The summed E-state index contributed by atoms with van der Waals surface area (Å²) in [5, 5.41) is 8.47. The lowest BCUT2D eigenvalue weighted by molar-refractivity contribution is 1.28. The monoisotopic (exact) mass is 680 g/mol. The zero-order chi connectivity index (χ0) is 34.4. The molecule has 0 spiro atoms. The topological polar surface area (TPSA) is 16.1 Å². The quantitative estimate of drug-likeness (QED) is 0.163. The highest BCUT2D eigenvalue weighted by Gasteiger charge is 2.17. The number of rotatable bonds is 6. The maximum atomic E-state index is 5.28. The SMILES string of the molecule is c1ccc(-c2nc3c4cc(-c5cccc(N(c6ccccc6)c6ccc(-c7ccc8ccccc8c7)cc6)c5)ccc4c4ccccc4c3s2)cc1. The van der Waals surface area contributed by atoms with Gasteiger partial charge in [0.15, 0.2) is 0 Å². The molecule has 0 N–H and O–H groups in total. The Balaban J connectivity index is 1.08. The summed E-state index contributed by atoms with van der Waals surface area (Å²) < 4.78 is 1.23. The molecule has 0 bridgehead atoms. The van der Waals surface area contributed by atoms with Gasteiger partial charge in [0.1, 0.15) is 5.01 Å². The van der Waals surface area contributed by atoms with E-state index in [0.717, 1.165) is 38.7 Å². The molecule has 2 nitrogen and oxygen atoms in total. The second-order valence-electron chi connectivity index (χ2n) is 13.2. The van der Waals surface area contributed by atoms with Crippen LogP contribution in [-0.2, 0) is 0 Å². The molecule has 0 saturated carbocycles. The van der Waals surface area contributed by atoms with Crippen LogP contribution in [0.1, 0.15) is 0 Å². The fourth-order valence-electron chi connectivity index (χ4n) is 7.48. The Kier molecular flexibility index (Phi) is 7.37. The number of hydrogen-bond acceptors (Lipinski definition) is 3. The third kappa shape index (κ3) is 5.31. The smallest absolute Gasteiger partial charge is 0.124 e. The molecule has 0 unspecified atom stereocenters. The molecule has 0 aliphatic rings. The molecule has 10 rings (SSSR count). The molecule has 1 heterocycles. The third-order valence-corrected chi connectivity index (χ3v) is 11.2. The molecule has 1 aromatic heterocycles. The van der Waals surface area contributed by atoms with Crippen molar-refractivity contribution >= 4 is 70.9 Å². The van der Waals surface area contributed by atoms with Gasteiger partial charge in [-0.3, -0.25) is 0 Å². The van der Waals surface area contributed by atoms with E-state index in [1.54, 1.807) is 11.3 Å². The summed E-state index contributed by atoms with van der Waals surface area (Å²) >= 11 is 1.78. The summed E-state index contributed by atoms with van der Waals surface area (Å²) in [4.78, 5) is 7.62. The van der Waals surface area contributed by atoms with Crippen molar-refractivity contribution in [3.05, 3.63) is 194 Å². The summed E-state index contributed by atoms with van der Waals surface area (Å²) in [6.07, 6.45) is 0. The van der Waals surface area contributed by atoms with Crippen LogP contribution in [0.2, 0.25) is 0 Å².